The van der Waals surface area contributed by atoms with Crippen molar-refractivity contribution in [2.75, 3.05) is 51.3 Å². The molecule has 2 aliphatic heterocycles. The van der Waals surface area contributed by atoms with Crippen molar-refractivity contribution in [3.05, 3.63) is 18.3 Å². The first-order chi connectivity index (χ1) is 8.86. The monoisotopic (exact) mass is 248 g/mol. The molecule has 0 aromatic carbocycles. The van der Waals surface area contributed by atoms with Gasteiger partial charge in [-0.2, -0.15) is 0 Å². The van der Waals surface area contributed by atoms with Crippen LogP contribution < -0.4 is 15.0 Å². The van der Waals surface area contributed by atoms with Crippen LogP contribution in [-0.4, -0.2) is 62.3 Å². The summed E-state index contributed by atoms with van der Waals surface area (Å²) in [5.41, 5.74) is 0. The van der Waals surface area contributed by atoms with Gasteiger partial charge in [0.15, 0.2) is 0 Å². The molecular weight excluding hydrogens is 228 g/mol. The fourth-order valence-corrected chi connectivity index (χ4v) is 2.53. The highest BCUT2D eigenvalue weighted by atomic mass is 16.5. The number of pyridine rings is 1. The topological polar surface area (TPSA) is 40.6 Å². The molecule has 3 heterocycles. The minimum atomic E-state index is 0.760. The van der Waals surface area contributed by atoms with E-state index in [1.54, 1.807) is 13.3 Å². The Labute approximate surface area is 108 Å². The van der Waals surface area contributed by atoms with Crippen LogP contribution in [0.15, 0.2) is 18.3 Å². The Morgan fingerprint density at radius 2 is 2.00 bits per heavy atom. The normalized spacial score (nSPS) is 21.7. The van der Waals surface area contributed by atoms with Crippen LogP contribution in [0.1, 0.15) is 0 Å². The van der Waals surface area contributed by atoms with Gasteiger partial charge in [-0.3, -0.25) is 4.90 Å². The molecule has 0 saturated carbocycles. The highest BCUT2D eigenvalue weighted by molar-refractivity contribution is 5.41. The molecule has 1 N–H and O–H groups in total. The van der Waals surface area contributed by atoms with Crippen molar-refractivity contribution in [2.45, 2.75) is 6.04 Å². The summed E-state index contributed by atoms with van der Waals surface area (Å²) in [6.45, 7) is 6.72. The molecule has 0 unspecified atom stereocenters. The van der Waals surface area contributed by atoms with Crippen LogP contribution >= 0.6 is 0 Å². The second-order valence-corrected chi connectivity index (χ2v) is 4.89. The zero-order valence-electron chi connectivity index (χ0n) is 10.8. The first-order valence-corrected chi connectivity index (χ1v) is 6.56. The number of ether oxygens (including phenoxy) is 1. The first kappa shape index (κ1) is 11.7. The van der Waals surface area contributed by atoms with Crippen molar-refractivity contribution in [2.24, 2.45) is 0 Å². The van der Waals surface area contributed by atoms with Gasteiger partial charge in [0.1, 0.15) is 11.6 Å². The summed E-state index contributed by atoms with van der Waals surface area (Å²) in [6.07, 6.45) is 1.79. The molecule has 0 aliphatic carbocycles. The maximum absolute atomic E-state index is 5.13. The summed E-state index contributed by atoms with van der Waals surface area (Å²) in [5.74, 6) is 1.88. The number of anilines is 1. The smallest absolute Gasteiger partial charge is 0.137 e. The third-order valence-electron chi connectivity index (χ3n) is 3.87. The molecule has 5 nitrogen and oxygen atoms in total. The molecule has 98 valence electrons. The maximum Gasteiger partial charge on any atom is 0.137 e. The number of piperazine rings is 1. The van der Waals surface area contributed by atoms with Crippen molar-refractivity contribution in [3.8, 4) is 5.75 Å². The standard InChI is InChI=1S/C13H20N4O/c1-18-12-2-3-13(15-10-12)17-6-4-16(5-7-17)11-8-14-9-11/h2-3,10-11,14H,4-9H2,1H3. The largest absolute Gasteiger partial charge is 0.495 e. The van der Waals surface area contributed by atoms with E-state index in [1.807, 2.05) is 12.1 Å². The van der Waals surface area contributed by atoms with Gasteiger partial charge in [0.05, 0.1) is 13.3 Å². The van der Waals surface area contributed by atoms with E-state index in [1.165, 1.54) is 0 Å². The third kappa shape index (κ3) is 2.28. The maximum atomic E-state index is 5.13. The number of rotatable bonds is 3. The average molecular weight is 248 g/mol. The predicted octanol–water partition coefficient (Wildman–Crippen LogP) is 0.184. The van der Waals surface area contributed by atoms with E-state index >= 15 is 0 Å². The van der Waals surface area contributed by atoms with E-state index in [0.717, 1.165) is 56.9 Å². The van der Waals surface area contributed by atoms with Gasteiger partial charge >= 0.3 is 0 Å². The Morgan fingerprint density at radius 3 is 2.50 bits per heavy atom. The molecule has 0 atom stereocenters. The summed E-state index contributed by atoms with van der Waals surface area (Å²) in [6, 6.07) is 4.78. The minimum absolute atomic E-state index is 0.760. The predicted molar refractivity (Wildman–Crippen MR) is 71.2 cm³/mol. The third-order valence-corrected chi connectivity index (χ3v) is 3.87. The second kappa shape index (κ2) is 5.12. The highest BCUT2D eigenvalue weighted by Crippen LogP contribution is 2.18. The van der Waals surface area contributed by atoms with E-state index in [-0.39, 0.29) is 0 Å². The van der Waals surface area contributed by atoms with Crippen LogP contribution in [0.3, 0.4) is 0 Å². The molecule has 2 fully saturated rings. The van der Waals surface area contributed by atoms with E-state index in [4.69, 9.17) is 4.74 Å². The van der Waals surface area contributed by atoms with Gasteiger partial charge in [-0.25, -0.2) is 4.98 Å². The van der Waals surface area contributed by atoms with E-state index in [0.29, 0.717) is 0 Å². The molecular formula is C13H20N4O. The number of hydrogen-bond donors (Lipinski definition) is 1. The quantitative estimate of drug-likeness (QED) is 0.826. The van der Waals surface area contributed by atoms with Gasteiger partial charge in [0.2, 0.25) is 0 Å². The lowest BCUT2D eigenvalue weighted by Gasteiger charge is -2.43. The van der Waals surface area contributed by atoms with Gasteiger partial charge in [-0.1, -0.05) is 0 Å². The Hall–Kier alpha value is -1.33. The fourth-order valence-electron chi connectivity index (χ4n) is 2.53. The Morgan fingerprint density at radius 1 is 1.22 bits per heavy atom. The van der Waals surface area contributed by atoms with E-state index in [9.17, 15) is 0 Å². The van der Waals surface area contributed by atoms with Gasteiger partial charge < -0.3 is 15.0 Å². The molecule has 18 heavy (non-hydrogen) atoms. The summed E-state index contributed by atoms with van der Waals surface area (Å²) < 4.78 is 5.13. The fraction of sp³-hybridized carbons (Fsp3) is 0.615. The molecule has 0 amide bonds. The second-order valence-electron chi connectivity index (χ2n) is 4.89. The van der Waals surface area contributed by atoms with Crippen molar-refractivity contribution < 1.29 is 4.74 Å². The molecule has 3 rings (SSSR count). The zero-order chi connectivity index (χ0) is 12.4. The van der Waals surface area contributed by atoms with Crippen molar-refractivity contribution in [3.63, 3.8) is 0 Å². The van der Waals surface area contributed by atoms with E-state index < -0.39 is 0 Å². The van der Waals surface area contributed by atoms with E-state index in [2.05, 4.69) is 20.1 Å². The molecule has 2 aliphatic rings. The number of aromatic nitrogens is 1. The number of methoxy groups -OCH3 is 1. The minimum Gasteiger partial charge on any atom is -0.495 e. The molecule has 1 aromatic heterocycles. The van der Waals surface area contributed by atoms with Gasteiger partial charge in [-0.05, 0) is 12.1 Å². The lowest BCUT2D eigenvalue weighted by molar-refractivity contribution is 0.137. The Balaban J connectivity index is 1.57. The summed E-state index contributed by atoms with van der Waals surface area (Å²) in [5, 5.41) is 3.33. The molecule has 2 saturated heterocycles. The van der Waals surface area contributed by atoms with Gasteiger partial charge in [-0.15, -0.1) is 0 Å². The number of nitrogens with one attached hydrogen (secondary N) is 1. The summed E-state index contributed by atoms with van der Waals surface area (Å²) >= 11 is 0. The molecule has 0 bridgehead atoms. The lowest BCUT2D eigenvalue weighted by Crippen LogP contribution is -2.61. The lowest BCUT2D eigenvalue weighted by atomic mass is 10.1. The molecule has 5 heteroatoms. The SMILES string of the molecule is COc1ccc(N2CCN(C3CNC3)CC2)nc1. The number of nitrogens with zero attached hydrogens (tertiary/aromatic N) is 3. The average Bonchev–Trinajstić information content (AvgIpc) is 2.38. The van der Waals surface area contributed by atoms with Crippen LogP contribution in [0.25, 0.3) is 0 Å². The van der Waals surface area contributed by atoms with Crippen LogP contribution in [0.5, 0.6) is 5.75 Å². The van der Waals surface area contributed by atoms with Crippen molar-refractivity contribution >= 4 is 5.82 Å². The Kier molecular flexibility index (Phi) is 3.34. The number of hydrogen-bond acceptors (Lipinski definition) is 5. The highest BCUT2D eigenvalue weighted by Gasteiger charge is 2.27. The van der Waals surface area contributed by atoms with Gasteiger partial charge in [0, 0.05) is 45.3 Å². The molecule has 1 aromatic rings. The van der Waals surface area contributed by atoms with Crippen LogP contribution in [0.2, 0.25) is 0 Å². The first-order valence-electron chi connectivity index (χ1n) is 6.56. The van der Waals surface area contributed by atoms with Crippen molar-refractivity contribution in [1.29, 1.82) is 0 Å². The summed E-state index contributed by atoms with van der Waals surface area (Å²) in [4.78, 5) is 9.38. The van der Waals surface area contributed by atoms with Gasteiger partial charge in [0.25, 0.3) is 0 Å². The molecule has 0 spiro atoms. The zero-order valence-corrected chi connectivity index (χ0v) is 10.8. The van der Waals surface area contributed by atoms with Crippen LogP contribution in [0.4, 0.5) is 5.82 Å². The van der Waals surface area contributed by atoms with Crippen molar-refractivity contribution in [1.82, 2.24) is 15.2 Å². The van der Waals surface area contributed by atoms with Crippen LogP contribution in [-0.2, 0) is 0 Å². The van der Waals surface area contributed by atoms with Crippen LogP contribution in [0, 0.1) is 0 Å². The Bertz CT molecular complexity index is 382. The summed E-state index contributed by atoms with van der Waals surface area (Å²) in [7, 11) is 1.67. The molecule has 0 radical (unpaired) electrons.